The number of fused-ring (bicyclic) bond motifs is 1. The Balaban J connectivity index is 0.000000890. The minimum atomic E-state index is -5.81. The monoisotopic (exact) mass is 491 g/mol. The molecule has 0 saturated heterocycles. The molecular formula is C19H22F5N7OS. The fourth-order valence-corrected chi connectivity index (χ4v) is 3.26. The minimum Gasteiger partial charge on any atom is -0.320 e. The van der Waals surface area contributed by atoms with Gasteiger partial charge in [-0.2, -0.15) is 22.0 Å². The molecule has 0 atom stereocenters. The Morgan fingerprint density at radius 3 is 2.33 bits per heavy atom. The summed E-state index contributed by atoms with van der Waals surface area (Å²) >= 11 is 1.42. The van der Waals surface area contributed by atoms with Crippen molar-refractivity contribution in [2.24, 2.45) is 7.05 Å². The predicted octanol–water partition coefficient (Wildman–Crippen LogP) is 3.99. The molecule has 0 aliphatic rings. The van der Waals surface area contributed by atoms with E-state index in [-0.39, 0.29) is 22.8 Å². The number of anilines is 1. The number of thioether (sulfide) groups is 1. The van der Waals surface area contributed by atoms with Crippen LogP contribution < -0.4 is 10.6 Å². The van der Waals surface area contributed by atoms with Gasteiger partial charge in [0, 0.05) is 11.9 Å². The number of amides is 1. The molecule has 180 valence electrons. The summed E-state index contributed by atoms with van der Waals surface area (Å²) < 4.78 is 66.5. The summed E-state index contributed by atoms with van der Waals surface area (Å²) in [5.74, 6) is -4.09. The molecule has 0 unspecified atom stereocenters. The third kappa shape index (κ3) is 5.74. The second-order valence-corrected chi connectivity index (χ2v) is 7.76. The zero-order chi connectivity index (χ0) is 24.8. The van der Waals surface area contributed by atoms with E-state index in [1.807, 2.05) is 14.0 Å². The van der Waals surface area contributed by atoms with Crippen molar-refractivity contribution in [1.82, 2.24) is 30.0 Å². The molecule has 0 radical (unpaired) electrons. The first-order valence-electron chi connectivity index (χ1n) is 9.65. The first-order chi connectivity index (χ1) is 15.5. The van der Waals surface area contributed by atoms with Crippen LogP contribution in [0, 0.1) is 0 Å². The lowest BCUT2D eigenvalue weighted by atomic mass is 10.2. The zero-order valence-corrected chi connectivity index (χ0v) is 19.0. The van der Waals surface area contributed by atoms with E-state index in [1.165, 1.54) is 23.4 Å². The van der Waals surface area contributed by atoms with Crippen LogP contribution in [0.3, 0.4) is 0 Å². The van der Waals surface area contributed by atoms with E-state index in [9.17, 15) is 26.7 Å². The number of hydrogen-bond donors (Lipinski definition) is 2. The Morgan fingerprint density at radius 2 is 1.79 bits per heavy atom. The highest BCUT2D eigenvalue weighted by atomic mass is 32.2. The van der Waals surface area contributed by atoms with Gasteiger partial charge in [-0.3, -0.25) is 4.79 Å². The third-order valence-electron chi connectivity index (χ3n) is 4.22. The van der Waals surface area contributed by atoms with E-state index in [1.54, 1.807) is 12.1 Å². The van der Waals surface area contributed by atoms with Gasteiger partial charge in [-0.15, -0.1) is 22.0 Å². The smallest absolute Gasteiger partial charge is 0.320 e. The molecule has 33 heavy (non-hydrogen) atoms. The average Bonchev–Trinajstić information content (AvgIpc) is 3.10. The summed E-state index contributed by atoms with van der Waals surface area (Å²) in [5, 5.41) is 11.9. The summed E-state index contributed by atoms with van der Waals surface area (Å²) in [7, 11) is 3.43. The van der Waals surface area contributed by atoms with Crippen molar-refractivity contribution >= 4 is 35.2 Å². The van der Waals surface area contributed by atoms with Crippen molar-refractivity contribution < 1.29 is 26.7 Å². The number of pyridine rings is 1. The molecule has 1 amide bonds. The van der Waals surface area contributed by atoms with E-state index >= 15 is 0 Å². The summed E-state index contributed by atoms with van der Waals surface area (Å²) in [4.78, 5) is 19.8. The molecular weight excluding hydrogens is 469 g/mol. The van der Waals surface area contributed by atoms with Gasteiger partial charge in [0.25, 0.3) is 0 Å². The van der Waals surface area contributed by atoms with Gasteiger partial charge in [0.15, 0.2) is 11.5 Å². The molecule has 3 heterocycles. The first-order valence-corrected chi connectivity index (χ1v) is 10.6. The van der Waals surface area contributed by atoms with Crippen LogP contribution in [0.4, 0.5) is 27.8 Å². The van der Waals surface area contributed by atoms with E-state index in [0.717, 1.165) is 6.54 Å². The van der Waals surface area contributed by atoms with Crippen LogP contribution in [-0.2, 0) is 17.8 Å². The molecule has 3 rings (SSSR count). The maximum atomic E-state index is 13.6. The Hall–Kier alpha value is -2.87. The number of rotatable bonds is 7. The van der Waals surface area contributed by atoms with E-state index in [0.29, 0.717) is 28.8 Å². The Labute approximate surface area is 190 Å². The van der Waals surface area contributed by atoms with E-state index in [4.69, 9.17) is 0 Å². The predicted molar refractivity (Wildman–Crippen MR) is 115 cm³/mol. The highest BCUT2D eigenvalue weighted by Crippen LogP contribution is 2.43. The van der Waals surface area contributed by atoms with Crippen LogP contribution in [0.25, 0.3) is 22.7 Å². The summed E-state index contributed by atoms with van der Waals surface area (Å²) in [5.41, 5.74) is -1.42. The van der Waals surface area contributed by atoms with Crippen molar-refractivity contribution in [3.8, 4) is 11.5 Å². The first kappa shape index (κ1) is 26.4. The Bertz CT molecular complexity index is 1100. The fraction of sp³-hybridized carbons (Fsp3) is 0.421. The van der Waals surface area contributed by atoms with Crippen molar-refractivity contribution in [2.75, 3.05) is 24.7 Å². The second-order valence-electron chi connectivity index (χ2n) is 6.45. The van der Waals surface area contributed by atoms with Crippen molar-refractivity contribution in [2.45, 2.75) is 30.8 Å². The molecule has 0 spiro atoms. The lowest BCUT2D eigenvalue weighted by Crippen LogP contribution is -2.34. The molecule has 3 aromatic heterocycles. The van der Waals surface area contributed by atoms with E-state index < -0.39 is 17.8 Å². The van der Waals surface area contributed by atoms with E-state index in [2.05, 4.69) is 37.7 Å². The maximum absolute atomic E-state index is 13.6. The van der Waals surface area contributed by atoms with Crippen LogP contribution in [0.5, 0.6) is 0 Å². The number of halogens is 5. The largest absolute Gasteiger partial charge is 0.459 e. The molecule has 0 aromatic carbocycles. The molecule has 3 aromatic rings. The quantitative estimate of drug-likeness (QED) is 0.293. The van der Waals surface area contributed by atoms with Crippen molar-refractivity contribution in [3.05, 3.63) is 23.9 Å². The van der Waals surface area contributed by atoms with Gasteiger partial charge in [-0.1, -0.05) is 13.8 Å². The van der Waals surface area contributed by atoms with Gasteiger partial charge in [0.2, 0.25) is 6.41 Å². The van der Waals surface area contributed by atoms with Gasteiger partial charge < -0.3 is 15.2 Å². The van der Waals surface area contributed by atoms with Crippen LogP contribution >= 0.6 is 11.8 Å². The highest BCUT2D eigenvalue weighted by molar-refractivity contribution is 7.99. The summed E-state index contributed by atoms with van der Waals surface area (Å²) in [6.07, 6.45) is -5.38. The molecule has 14 heteroatoms. The van der Waals surface area contributed by atoms with Gasteiger partial charge in [0.1, 0.15) is 22.7 Å². The number of alkyl halides is 5. The standard InChI is InChI=1S/C16H13F5N6OS.C3H9N/c1-3-29-9-4-5-11(22-7-28)24-12(9)14-23-8-6-10(15(17,18)16(19,20)21)25-26-13(8)27(14)2;1-3-4-2/h4-7H,3H2,1-2H3,(H,22,24,28);4H,3H2,1-2H3. The van der Waals surface area contributed by atoms with Crippen LogP contribution in [-0.4, -0.2) is 56.7 Å². The zero-order valence-electron chi connectivity index (χ0n) is 18.2. The lowest BCUT2D eigenvalue weighted by molar-refractivity contribution is -0.291. The van der Waals surface area contributed by atoms with Crippen LogP contribution in [0.2, 0.25) is 0 Å². The van der Waals surface area contributed by atoms with Gasteiger partial charge in [-0.25, -0.2) is 9.97 Å². The van der Waals surface area contributed by atoms with Crippen LogP contribution in [0.15, 0.2) is 23.1 Å². The summed E-state index contributed by atoms with van der Waals surface area (Å²) in [6.45, 7) is 5.04. The highest BCUT2D eigenvalue weighted by Gasteiger charge is 2.60. The second kappa shape index (κ2) is 10.8. The number of carbonyl (C=O) groups excluding carboxylic acids is 1. The number of hydrogen-bond acceptors (Lipinski definition) is 7. The van der Waals surface area contributed by atoms with Crippen molar-refractivity contribution in [3.63, 3.8) is 0 Å². The molecule has 2 N–H and O–H groups in total. The number of nitrogens with zero attached hydrogens (tertiary/aromatic N) is 5. The molecule has 0 saturated carbocycles. The molecule has 0 bridgehead atoms. The number of imidazole rings is 1. The van der Waals surface area contributed by atoms with Crippen molar-refractivity contribution in [1.29, 1.82) is 0 Å². The number of aryl methyl sites for hydroxylation is 1. The van der Waals surface area contributed by atoms with Crippen LogP contribution in [0.1, 0.15) is 19.5 Å². The van der Waals surface area contributed by atoms with Gasteiger partial charge in [-0.05, 0) is 37.5 Å². The van der Waals surface area contributed by atoms with Gasteiger partial charge in [0.05, 0.1) is 0 Å². The third-order valence-corrected chi connectivity index (χ3v) is 5.15. The minimum absolute atomic E-state index is 0.00437. The number of nitrogens with one attached hydrogen (secondary N) is 2. The lowest BCUT2D eigenvalue weighted by Gasteiger charge is -2.17. The SMILES string of the molecule is CCNC.CCSc1ccc(NC=O)nc1-c1nc2cc(C(F)(F)C(F)(F)F)nnc2n1C. The number of carbonyl (C=O) groups is 1. The molecule has 0 aliphatic heterocycles. The maximum Gasteiger partial charge on any atom is 0.459 e. The Kier molecular flexibility index (Phi) is 8.66. The average molecular weight is 491 g/mol. The molecule has 0 fully saturated rings. The topological polar surface area (TPSA) is 97.6 Å². The number of aromatic nitrogens is 5. The Morgan fingerprint density at radius 1 is 1.12 bits per heavy atom. The molecule has 0 aliphatic carbocycles. The summed E-state index contributed by atoms with van der Waals surface area (Å²) in [6, 6.07) is 3.82. The molecule has 8 nitrogen and oxygen atoms in total. The fourth-order valence-electron chi connectivity index (χ4n) is 2.52. The normalized spacial score (nSPS) is 11.8. The van der Waals surface area contributed by atoms with Gasteiger partial charge >= 0.3 is 12.1 Å².